The van der Waals surface area contributed by atoms with Crippen LogP contribution in [0.3, 0.4) is 0 Å². The van der Waals surface area contributed by atoms with Gasteiger partial charge < -0.3 is 10.2 Å². The number of unbranched alkanes of at least 4 members (excludes halogenated alkanes) is 3. The molecule has 0 unspecified atom stereocenters. The molecular formula is C20H34O3. The summed E-state index contributed by atoms with van der Waals surface area (Å²) in [6, 6.07) is 0. The van der Waals surface area contributed by atoms with Crippen LogP contribution >= 0.6 is 0 Å². The van der Waals surface area contributed by atoms with E-state index in [9.17, 15) is 9.90 Å². The van der Waals surface area contributed by atoms with Gasteiger partial charge in [-0.1, -0.05) is 50.5 Å². The number of hydrogen-bond donors (Lipinski definition) is 2. The van der Waals surface area contributed by atoms with Gasteiger partial charge in [0.15, 0.2) is 0 Å². The van der Waals surface area contributed by atoms with E-state index < -0.39 is 5.97 Å². The highest BCUT2D eigenvalue weighted by atomic mass is 16.4. The van der Waals surface area contributed by atoms with Crippen LogP contribution in [0, 0.1) is 11.8 Å². The zero-order chi connectivity index (χ0) is 16.9. The maximum absolute atomic E-state index is 10.4. The summed E-state index contributed by atoms with van der Waals surface area (Å²) in [6.07, 6.45) is 19.3. The monoisotopic (exact) mass is 322 g/mol. The normalized spacial score (nSPS) is 22.0. The number of carbonyl (C=O) groups is 1. The van der Waals surface area contributed by atoms with Gasteiger partial charge in [0.05, 0.1) is 6.10 Å². The number of aliphatic hydroxyl groups is 1. The van der Waals surface area contributed by atoms with Crippen LogP contribution in [-0.2, 0) is 4.79 Å². The van der Waals surface area contributed by atoms with E-state index >= 15 is 0 Å². The Bertz CT molecular complexity index is 373. The lowest BCUT2D eigenvalue weighted by atomic mass is 10.1. The van der Waals surface area contributed by atoms with Crippen molar-refractivity contribution in [3.63, 3.8) is 0 Å². The molecule has 0 aromatic carbocycles. The van der Waals surface area contributed by atoms with Crippen molar-refractivity contribution >= 4 is 5.97 Å². The number of rotatable bonds is 14. The second kappa shape index (κ2) is 12.3. The van der Waals surface area contributed by atoms with Gasteiger partial charge >= 0.3 is 5.97 Å². The van der Waals surface area contributed by atoms with Crippen molar-refractivity contribution in [2.45, 2.75) is 83.7 Å². The molecule has 0 spiro atoms. The summed E-state index contributed by atoms with van der Waals surface area (Å²) in [5, 5.41) is 18.4. The molecule has 0 aliphatic heterocycles. The van der Waals surface area contributed by atoms with Crippen molar-refractivity contribution in [3.05, 3.63) is 24.3 Å². The Morgan fingerprint density at radius 2 is 1.91 bits per heavy atom. The van der Waals surface area contributed by atoms with E-state index in [1.807, 2.05) is 6.08 Å². The van der Waals surface area contributed by atoms with Crippen LogP contribution in [0.2, 0.25) is 0 Å². The van der Waals surface area contributed by atoms with Gasteiger partial charge in [0.2, 0.25) is 0 Å². The fraction of sp³-hybridized carbons (Fsp3) is 0.750. The van der Waals surface area contributed by atoms with E-state index in [4.69, 9.17) is 5.11 Å². The summed E-state index contributed by atoms with van der Waals surface area (Å²) in [6.45, 7) is 2.18. The van der Waals surface area contributed by atoms with E-state index in [1.54, 1.807) is 0 Å². The van der Waals surface area contributed by atoms with Crippen molar-refractivity contribution in [2.75, 3.05) is 0 Å². The van der Waals surface area contributed by atoms with Crippen molar-refractivity contribution < 1.29 is 15.0 Å². The summed E-state index contributed by atoms with van der Waals surface area (Å²) < 4.78 is 0. The minimum absolute atomic E-state index is 0.257. The van der Waals surface area contributed by atoms with Gasteiger partial charge in [0.1, 0.15) is 0 Å². The number of allylic oxidation sites excluding steroid dienone is 3. The Morgan fingerprint density at radius 3 is 2.65 bits per heavy atom. The van der Waals surface area contributed by atoms with Crippen LogP contribution < -0.4 is 0 Å². The minimum atomic E-state index is -0.706. The first-order valence-corrected chi connectivity index (χ1v) is 9.35. The average molecular weight is 322 g/mol. The Hall–Kier alpha value is -1.09. The summed E-state index contributed by atoms with van der Waals surface area (Å²) in [5.74, 6) is 0.956. The molecule has 1 fully saturated rings. The molecule has 1 rings (SSSR count). The van der Waals surface area contributed by atoms with Gasteiger partial charge in [0, 0.05) is 6.42 Å². The van der Waals surface area contributed by atoms with Gasteiger partial charge in [-0.05, 0) is 56.8 Å². The maximum atomic E-state index is 10.4. The molecule has 3 atom stereocenters. The highest BCUT2D eigenvalue weighted by molar-refractivity contribution is 5.66. The third kappa shape index (κ3) is 11.1. The lowest BCUT2D eigenvalue weighted by Crippen LogP contribution is -2.01. The maximum Gasteiger partial charge on any atom is 0.303 e. The Kier molecular flexibility index (Phi) is 10.7. The molecule has 0 radical (unpaired) electrons. The molecule has 2 N–H and O–H groups in total. The second-order valence-corrected chi connectivity index (χ2v) is 6.82. The average Bonchev–Trinajstić information content (AvgIpc) is 3.24. The van der Waals surface area contributed by atoms with Crippen LogP contribution in [-0.4, -0.2) is 22.3 Å². The fourth-order valence-corrected chi connectivity index (χ4v) is 2.98. The zero-order valence-electron chi connectivity index (χ0n) is 14.6. The summed E-state index contributed by atoms with van der Waals surface area (Å²) >= 11 is 0. The first-order chi connectivity index (χ1) is 11.1. The summed E-state index contributed by atoms with van der Waals surface area (Å²) in [7, 11) is 0. The molecular weight excluding hydrogens is 288 g/mol. The topological polar surface area (TPSA) is 57.5 Å². The number of aliphatic carboxylic acids is 1. The van der Waals surface area contributed by atoms with Crippen LogP contribution in [0.4, 0.5) is 0 Å². The Morgan fingerprint density at radius 1 is 1.13 bits per heavy atom. The van der Waals surface area contributed by atoms with E-state index in [0.717, 1.165) is 50.4 Å². The number of carboxylic acid groups (broad SMARTS) is 1. The van der Waals surface area contributed by atoms with Crippen LogP contribution in [0.25, 0.3) is 0 Å². The molecule has 1 saturated carbocycles. The van der Waals surface area contributed by atoms with E-state index in [0.29, 0.717) is 0 Å². The largest absolute Gasteiger partial charge is 0.481 e. The molecule has 0 heterocycles. The standard InChI is InChI=1S/C20H34O3/c1-2-3-7-13-19(21)14-10-12-18-16-17(18)11-8-5-4-6-9-15-20(22)23/h4-5,10,14,17-19,21H,2-3,6-9,11-13,15-16H2,1H3,(H,22,23)/b5-4-,14-10+/t17-,18-,19-/m0/s1. The van der Waals surface area contributed by atoms with Crippen LogP contribution in [0.15, 0.2) is 24.3 Å². The van der Waals surface area contributed by atoms with Gasteiger partial charge in [-0.25, -0.2) is 0 Å². The molecule has 1 aliphatic carbocycles. The molecule has 0 saturated heterocycles. The van der Waals surface area contributed by atoms with Gasteiger partial charge in [0.25, 0.3) is 0 Å². The van der Waals surface area contributed by atoms with E-state index in [2.05, 4.69) is 25.2 Å². The van der Waals surface area contributed by atoms with Crippen molar-refractivity contribution in [2.24, 2.45) is 11.8 Å². The molecule has 3 heteroatoms. The second-order valence-electron chi connectivity index (χ2n) is 6.82. The van der Waals surface area contributed by atoms with Crippen molar-refractivity contribution in [1.29, 1.82) is 0 Å². The van der Waals surface area contributed by atoms with Crippen molar-refractivity contribution in [3.8, 4) is 0 Å². The van der Waals surface area contributed by atoms with E-state index in [-0.39, 0.29) is 12.5 Å². The number of hydrogen-bond acceptors (Lipinski definition) is 2. The highest BCUT2D eigenvalue weighted by Gasteiger charge is 2.34. The van der Waals surface area contributed by atoms with Gasteiger partial charge in [-0.3, -0.25) is 4.79 Å². The lowest BCUT2D eigenvalue weighted by molar-refractivity contribution is -0.137. The van der Waals surface area contributed by atoms with E-state index in [1.165, 1.54) is 25.7 Å². The third-order valence-electron chi connectivity index (χ3n) is 4.60. The van der Waals surface area contributed by atoms with Crippen molar-refractivity contribution in [1.82, 2.24) is 0 Å². The molecule has 23 heavy (non-hydrogen) atoms. The smallest absolute Gasteiger partial charge is 0.303 e. The quantitative estimate of drug-likeness (QED) is 0.345. The molecule has 132 valence electrons. The fourth-order valence-electron chi connectivity index (χ4n) is 2.98. The number of aliphatic hydroxyl groups excluding tert-OH is 1. The predicted octanol–water partition coefficient (Wildman–Crippen LogP) is 5.10. The predicted molar refractivity (Wildman–Crippen MR) is 95.4 cm³/mol. The molecule has 0 amide bonds. The van der Waals surface area contributed by atoms with Crippen LogP contribution in [0.5, 0.6) is 0 Å². The van der Waals surface area contributed by atoms with Gasteiger partial charge in [-0.15, -0.1) is 0 Å². The number of carboxylic acids is 1. The minimum Gasteiger partial charge on any atom is -0.481 e. The Balaban J connectivity index is 1.96. The molecule has 0 aromatic heterocycles. The lowest BCUT2D eigenvalue weighted by Gasteiger charge is -2.04. The SMILES string of the molecule is CCCCC[C@H](O)/C=C/C[C@H]1C[C@@H]1CC/C=C\CCCC(=O)O. The Labute approximate surface area is 141 Å². The highest BCUT2D eigenvalue weighted by Crippen LogP contribution is 2.44. The third-order valence-corrected chi connectivity index (χ3v) is 4.60. The first-order valence-electron chi connectivity index (χ1n) is 9.35. The molecule has 0 aromatic rings. The molecule has 1 aliphatic rings. The molecule has 3 nitrogen and oxygen atoms in total. The summed E-state index contributed by atoms with van der Waals surface area (Å²) in [4.78, 5) is 10.4. The first kappa shape index (κ1) is 20.0. The molecule has 0 bridgehead atoms. The summed E-state index contributed by atoms with van der Waals surface area (Å²) in [5.41, 5.74) is 0. The van der Waals surface area contributed by atoms with Gasteiger partial charge in [-0.2, -0.15) is 0 Å². The van der Waals surface area contributed by atoms with Crippen LogP contribution in [0.1, 0.15) is 77.6 Å². The zero-order valence-corrected chi connectivity index (χ0v) is 14.6.